The van der Waals surface area contributed by atoms with Crippen LogP contribution in [0.25, 0.3) is 0 Å². The summed E-state index contributed by atoms with van der Waals surface area (Å²) in [5.74, 6) is -0.530. The van der Waals surface area contributed by atoms with Gasteiger partial charge in [0.15, 0.2) is 5.82 Å². The quantitative estimate of drug-likeness (QED) is 0.672. The average molecular weight is 258 g/mol. The third-order valence-electron chi connectivity index (χ3n) is 2.26. The molecule has 2 N–H and O–H groups in total. The van der Waals surface area contributed by atoms with E-state index in [1.807, 2.05) is 0 Å². The molecule has 0 amide bonds. The van der Waals surface area contributed by atoms with Gasteiger partial charge in [0.1, 0.15) is 6.61 Å². The summed E-state index contributed by atoms with van der Waals surface area (Å²) in [5.41, 5.74) is 5.77. The highest BCUT2D eigenvalue weighted by atomic mass is 19.1. The summed E-state index contributed by atoms with van der Waals surface area (Å²) in [5, 5.41) is 0. The van der Waals surface area contributed by atoms with E-state index in [0.29, 0.717) is 25.4 Å². The van der Waals surface area contributed by atoms with Crippen molar-refractivity contribution in [3.8, 4) is 5.88 Å². The van der Waals surface area contributed by atoms with Crippen molar-refractivity contribution in [3.05, 3.63) is 23.6 Å². The van der Waals surface area contributed by atoms with E-state index in [4.69, 9.17) is 19.9 Å². The van der Waals surface area contributed by atoms with Crippen LogP contribution in [-0.2, 0) is 16.0 Å². The molecule has 6 heteroatoms. The van der Waals surface area contributed by atoms with Crippen LogP contribution in [0, 0.1) is 5.82 Å². The predicted octanol–water partition coefficient (Wildman–Crippen LogP) is 1.11. The molecule has 0 aliphatic rings. The molecule has 0 saturated carbocycles. The number of hydrogen-bond acceptors (Lipinski definition) is 5. The molecule has 0 aliphatic carbocycles. The molecule has 0 spiro atoms. The van der Waals surface area contributed by atoms with Gasteiger partial charge >= 0.3 is 0 Å². The Hall–Kier alpha value is -1.24. The summed E-state index contributed by atoms with van der Waals surface area (Å²) in [7, 11) is 1.64. The molecule has 0 aliphatic heterocycles. The molecule has 0 fully saturated rings. The van der Waals surface area contributed by atoms with Crippen molar-refractivity contribution >= 4 is 0 Å². The number of aromatic nitrogens is 1. The third-order valence-corrected chi connectivity index (χ3v) is 2.26. The van der Waals surface area contributed by atoms with Crippen LogP contribution in [0.1, 0.15) is 12.0 Å². The van der Waals surface area contributed by atoms with Crippen LogP contribution in [0.2, 0.25) is 0 Å². The van der Waals surface area contributed by atoms with Crippen LogP contribution >= 0.6 is 0 Å². The first-order chi connectivity index (χ1) is 8.79. The van der Waals surface area contributed by atoms with E-state index >= 15 is 0 Å². The first-order valence-electron chi connectivity index (χ1n) is 5.82. The smallest absolute Gasteiger partial charge is 0.250 e. The number of methoxy groups -OCH3 is 1. The van der Waals surface area contributed by atoms with E-state index in [1.165, 1.54) is 12.3 Å². The van der Waals surface area contributed by atoms with Crippen molar-refractivity contribution in [2.24, 2.45) is 5.73 Å². The molecule has 5 nitrogen and oxygen atoms in total. The zero-order valence-electron chi connectivity index (χ0n) is 10.5. The minimum absolute atomic E-state index is 0.0292. The molecule has 0 bridgehead atoms. The minimum atomic E-state index is -0.501. The average Bonchev–Trinajstić information content (AvgIpc) is 2.39. The second-order valence-corrected chi connectivity index (χ2v) is 3.60. The molecule has 1 aromatic heterocycles. The maximum atomic E-state index is 13.6. The van der Waals surface area contributed by atoms with Crippen molar-refractivity contribution in [1.29, 1.82) is 0 Å². The summed E-state index contributed by atoms with van der Waals surface area (Å²) in [6, 6.07) is 1.53. The van der Waals surface area contributed by atoms with E-state index in [1.54, 1.807) is 7.11 Å². The summed E-state index contributed by atoms with van der Waals surface area (Å²) in [6.45, 7) is 2.02. The van der Waals surface area contributed by atoms with Crippen LogP contribution in [-0.4, -0.2) is 38.5 Å². The Kier molecular flexibility index (Phi) is 7.24. The van der Waals surface area contributed by atoms with Crippen molar-refractivity contribution in [3.63, 3.8) is 0 Å². The fourth-order valence-corrected chi connectivity index (χ4v) is 1.33. The van der Waals surface area contributed by atoms with E-state index < -0.39 is 5.82 Å². The zero-order valence-corrected chi connectivity index (χ0v) is 10.5. The Balaban J connectivity index is 2.23. The van der Waals surface area contributed by atoms with Gasteiger partial charge in [0.05, 0.1) is 6.61 Å². The third kappa shape index (κ3) is 4.95. The molecule has 0 saturated heterocycles. The van der Waals surface area contributed by atoms with Gasteiger partial charge in [0.25, 0.3) is 5.88 Å². The Morgan fingerprint density at radius 1 is 1.28 bits per heavy atom. The number of halogens is 1. The number of rotatable bonds is 9. The SMILES string of the molecule is COCCCOCCOc1nccc(CN)c1F. The molecule has 0 unspecified atom stereocenters. The first-order valence-corrected chi connectivity index (χ1v) is 5.82. The van der Waals surface area contributed by atoms with Crippen LogP contribution < -0.4 is 10.5 Å². The number of nitrogens with two attached hydrogens (primary N) is 1. The van der Waals surface area contributed by atoms with Gasteiger partial charge in [-0.1, -0.05) is 0 Å². The lowest BCUT2D eigenvalue weighted by Gasteiger charge is -2.08. The van der Waals surface area contributed by atoms with E-state index in [2.05, 4.69) is 4.98 Å². The summed E-state index contributed by atoms with van der Waals surface area (Å²) >= 11 is 0. The topological polar surface area (TPSA) is 66.6 Å². The standard InChI is InChI=1S/C12H19FN2O3/c1-16-5-2-6-17-7-8-18-12-11(13)10(9-14)3-4-15-12/h3-4H,2,5-9,14H2,1H3. The van der Waals surface area contributed by atoms with Crippen LogP contribution in [0.4, 0.5) is 4.39 Å². The maximum absolute atomic E-state index is 13.6. The fourth-order valence-electron chi connectivity index (χ4n) is 1.33. The summed E-state index contributed by atoms with van der Waals surface area (Å²) in [4.78, 5) is 3.81. The van der Waals surface area contributed by atoms with Gasteiger partial charge < -0.3 is 19.9 Å². The zero-order chi connectivity index (χ0) is 13.2. The van der Waals surface area contributed by atoms with Crippen molar-refractivity contribution in [2.45, 2.75) is 13.0 Å². The molecule has 18 heavy (non-hydrogen) atoms. The highest BCUT2D eigenvalue weighted by Crippen LogP contribution is 2.16. The highest BCUT2D eigenvalue weighted by Gasteiger charge is 2.09. The molecule has 1 heterocycles. The second-order valence-electron chi connectivity index (χ2n) is 3.60. The van der Waals surface area contributed by atoms with Crippen LogP contribution in [0.15, 0.2) is 12.3 Å². The molecular weight excluding hydrogens is 239 g/mol. The first kappa shape index (κ1) is 14.8. The maximum Gasteiger partial charge on any atom is 0.250 e. The van der Waals surface area contributed by atoms with Gasteiger partial charge in [-0.3, -0.25) is 0 Å². The molecule has 0 aromatic carbocycles. The Bertz CT molecular complexity index is 350. The Labute approximate surface area is 106 Å². The lowest BCUT2D eigenvalue weighted by molar-refractivity contribution is 0.0784. The molecular formula is C12H19FN2O3. The fraction of sp³-hybridized carbons (Fsp3) is 0.583. The Morgan fingerprint density at radius 3 is 2.83 bits per heavy atom. The highest BCUT2D eigenvalue weighted by molar-refractivity contribution is 5.23. The lowest BCUT2D eigenvalue weighted by atomic mass is 10.2. The van der Waals surface area contributed by atoms with Crippen molar-refractivity contribution in [1.82, 2.24) is 4.98 Å². The number of pyridine rings is 1. The van der Waals surface area contributed by atoms with Crippen molar-refractivity contribution in [2.75, 3.05) is 33.5 Å². The minimum Gasteiger partial charge on any atom is -0.473 e. The Morgan fingerprint density at radius 2 is 2.11 bits per heavy atom. The lowest BCUT2D eigenvalue weighted by Crippen LogP contribution is -2.11. The largest absolute Gasteiger partial charge is 0.473 e. The molecule has 1 aromatic rings. The van der Waals surface area contributed by atoms with Gasteiger partial charge in [-0.25, -0.2) is 9.37 Å². The van der Waals surface area contributed by atoms with Gasteiger partial charge in [-0.05, 0) is 12.5 Å². The number of nitrogens with zero attached hydrogens (tertiary/aromatic N) is 1. The molecule has 1 rings (SSSR count). The molecule has 102 valence electrons. The summed E-state index contributed by atoms with van der Waals surface area (Å²) < 4.78 is 29.0. The normalized spacial score (nSPS) is 10.6. The van der Waals surface area contributed by atoms with E-state index in [-0.39, 0.29) is 19.0 Å². The predicted molar refractivity (Wildman–Crippen MR) is 64.9 cm³/mol. The monoisotopic (exact) mass is 258 g/mol. The van der Waals surface area contributed by atoms with Gasteiger partial charge in [-0.2, -0.15) is 0 Å². The van der Waals surface area contributed by atoms with Gasteiger partial charge in [0, 0.05) is 38.6 Å². The van der Waals surface area contributed by atoms with E-state index in [9.17, 15) is 4.39 Å². The molecule has 0 atom stereocenters. The second kappa shape index (κ2) is 8.79. The number of hydrogen-bond donors (Lipinski definition) is 1. The van der Waals surface area contributed by atoms with Crippen LogP contribution in [0.5, 0.6) is 5.88 Å². The van der Waals surface area contributed by atoms with Crippen LogP contribution in [0.3, 0.4) is 0 Å². The van der Waals surface area contributed by atoms with Crippen molar-refractivity contribution < 1.29 is 18.6 Å². The van der Waals surface area contributed by atoms with E-state index in [0.717, 1.165) is 6.42 Å². The number of ether oxygens (including phenoxy) is 3. The molecule has 0 radical (unpaired) electrons. The summed E-state index contributed by atoms with van der Waals surface area (Å²) in [6.07, 6.45) is 2.30. The van der Waals surface area contributed by atoms with Gasteiger partial charge in [-0.15, -0.1) is 0 Å². The van der Waals surface area contributed by atoms with Gasteiger partial charge in [0.2, 0.25) is 0 Å².